The number of carbonyl (C=O) groups excluding carboxylic acids is 2. The van der Waals surface area contributed by atoms with Crippen molar-refractivity contribution in [3.8, 4) is 0 Å². The molecular weight excluding hydrogens is 418 g/mol. The molecule has 2 rings (SSSR count). The van der Waals surface area contributed by atoms with Crippen LogP contribution in [0.3, 0.4) is 0 Å². The Morgan fingerprint density at radius 2 is 1.64 bits per heavy atom. The van der Waals surface area contributed by atoms with Gasteiger partial charge in [-0.1, -0.05) is 35.3 Å². The van der Waals surface area contributed by atoms with Gasteiger partial charge in [0.05, 0.1) is 22.5 Å². The summed E-state index contributed by atoms with van der Waals surface area (Å²) in [5.74, 6) is -1.19. The summed E-state index contributed by atoms with van der Waals surface area (Å²) in [6.45, 7) is 0. The van der Waals surface area contributed by atoms with Crippen LogP contribution < -0.4 is 10.7 Å². The normalized spacial score (nSPS) is 11.5. The lowest BCUT2D eigenvalue weighted by molar-refractivity contribution is -0.137. The predicted octanol–water partition coefficient (Wildman–Crippen LogP) is 4.88. The van der Waals surface area contributed by atoms with E-state index in [0.717, 1.165) is 18.2 Å². The van der Waals surface area contributed by atoms with Gasteiger partial charge < -0.3 is 5.32 Å². The van der Waals surface area contributed by atoms with E-state index in [1.807, 2.05) is 0 Å². The number of carbonyl (C=O) groups is 2. The Morgan fingerprint density at radius 3 is 2.29 bits per heavy atom. The molecule has 0 saturated carbocycles. The molecule has 0 aliphatic carbocycles. The summed E-state index contributed by atoms with van der Waals surface area (Å²) >= 11 is 11.6. The van der Waals surface area contributed by atoms with Crippen LogP contribution in [-0.2, 0) is 15.8 Å². The number of alkyl halides is 3. The molecule has 2 aromatic carbocycles. The van der Waals surface area contributed by atoms with Gasteiger partial charge in [0, 0.05) is 17.9 Å². The summed E-state index contributed by atoms with van der Waals surface area (Å²) in [6, 6.07) is 9.30. The minimum Gasteiger partial charge on any atom is -0.325 e. The standard InChI is InChI=1S/C18H14Cl2F3N3O2/c19-13-4-1-11(2-5-13)10-24-26-17(28)8-7-16(27)25-15-9-12(18(21,22)23)3-6-14(15)20/h1-6,9-10H,7-8H2,(H,25,27)(H,26,28)/b24-10-. The summed E-state index contributed by atoms with van der Waals surface area (Å²) in [6.07, 6.45) is -3.63. The highest BCUT2D eigenvalue weighted by atomic mass is 35.5. The van der Waals surface area contributed by atoms with Crippen LogP contribution in [0.4, 0.5) is 18.9 Å². The zero-order valence-corrected chi connectivity index (χ0v) is 15.7. The van der Waals surface area contributed by atoms with Crippen LogP contribution in [0.1, 0.15) is 24.0 Å². The van der Waals surface area contributed by atoms with Crippen LogP contribution in [-0.4, -0.2) is 18.0 Å². The van der Waals surface area contributed by atoms with Crippen molar-refractivity contribution in [2.75, 3.05) is 5.32 Å². The molecular formula is C18H14Cl2F3N3O2. The van der Waals surface area contributed by atoms with Crippen molar-refractivity contribution in [3.63, 3.8) is 0 Å². The van der Waals surface area contributed by atoms with E-state index in [-0.39, 0.29) is 23.6 Å². The summed E-state index contributed by atoms with van der Waals surface area (Å²) in [7, 11) is 0. The van der Waals surface area contributed by atoms with Crippen molar-refractivity contribution in [3.05, 3.63) is 63.6 Å². The average molecular weight is 432 g/mol. The van der Waals surface area contributed by atoms with E-state index in [1.54, 1.807) is 24.3 Å². The number of amides is 2. The second-order valence-corrected chi connectivity index (χ2v) is 6.43. The zero-order chi connectivity index (χ0) is 20.7. The van der Waals surface area contributed by atoms with Crippen LogP contribution in [0.25, 0.3) is 0 Å². The fourth-order valence-electron chi connectivity index (χ4n) is 2.02. The molecule has 0 aliphatic heterocycles. The van der Waals surface area contributed by atoms with Crippen molar-refractivity contribution in [2.24, 2.45) is 5.10 Å². The number of rotatable bonds is 6. The summed E-state index contributed by atoms with van der Waals surface area (Å²) in [5, 5.41) is 6.52. The van der Waals surface area contributed by atoms with E-state index >= 15 is 0 Å². The summed E-state index contributed by atoms with van der Waals surface area (Å²) < 4.78 is 38.2. The molecule has 0 saturated heterocycles. The van der Waals surface area contributed by atoms with Gasteiger partial charge in [-0.3, -0.25) is 9.59 Å². The third kappa shape index (κ3) is 6.86. The topological polar surface area (TPSA) is 70.6 Å². The van der Waals surface area contributed by atoms with E-state index in [4.69, 9.17) is 23.2 Å². The van der Waals surface area contributed by atoms with Gasteiger partial charge in [-0.25, -0.2) is 5.43 Å². The lowest BCUT2D eigenvalue weighted by Crippen LogP contribution is -2.21. The van der Waals surface area contributed by atoms with Gasteiger partial charge in [-0.2, -0.15) is 18.3 Å². The van der Waals surface area contributed by atoms with E-state index in [2.05, 4.69) is 15.8 Å². The number of anilines is 1. The molecule has 0 atom stereocenters. The molecule has 5 nitrogen and oxygen atoms in total. The molecule has 2 N–H and O–H groups in total. The second kappa shape index (κ2) is 9.57. The lowest BCUT2D eigenvalue weighted by Gasteiger charge is -2.11. The van der Waals surface area contributed by atoms with Crippen LogP contribution in [0.15, 0.2) is 47.6 Å². The molecule has 0 unspecified atom stereocenters. The fraction of sp³-hybridized carbons (Fsp3) is 0.167. The monoisotopic (exact) mass is 431 g/mol. The molecule has 0 spiro atoms. The Morgan fingerprint density at radius 1 is 1.00 bits per heavy atom. The summed E-state index contributed by atoms with van der Waals surface area (Å²) in [5.41, 5.74) is 1.84. The molecule has 0 radical (unpaired) electrons. The number of nitrogens with zero attached hydrogens (tertiary/aromatic N) is 1. The average Bonchev–Trinajstić information content (AvgIpc) is 2.62. The maximum atomic E-state index is 12.7. The largest absolute Gasteiger partial charge is 0.416 e. The molecule has 148 valence electrons. The molecule has 2 amide bonds. The van der Waals surface area contributed by atoms with Gasteiger partial charge in [0.1, 0.15) is 0 Å². The lowest BCUT2D eigenvalue weighted by atomic mass is 10.2. The Balaban J connectivity index is 1.83. The van der Waals surface area contributed by atoms with Crippen molar-refractivity contribution in [1.29, 1.82) is 0 Å². The number of halogens is 5. The molecule has 0 aliphatic rings. The van der Waals surface area contributed by atoms with Crippen LogP contribution in [0, 0.1) is 0 Å². The smallest absolute Gasteiger partial charge is 0.325 e. The number of nitrogens with one attached hydrogen (secondary N) is 2. The zero-order valence-electron chi connectivity index (χ0n) is 14.2. The third-order valence-corrected chi connectivity index (χ3v) is 4.00. The van der Waals surface area contributed by atoms with Crippen LogP contribution in [0.2, 0.25) is 10.0 Å². The van der Waals surface area contributed by atoms with E-state index in [1.165, 1.54) is 6.21 Å². The predicted molar refractivity (Wildman–Crippen MR) is 102 cm³/mol. The van der Waals surface area contributed by atoms with Gasteiger partial charge >= 0.3 is 6.18 Å². The number of hydrogen-bond acceptors (Lipinski definition) is 3. The molecule has 0 aromatic heterocycles. The molecule has 28 heavy (non-hydrogen) atoms. The molecule has 0 fully saturated rings. The number of benzene rings is 2. The first-order valence-electron chi connectivity index (χ1n) is 7.89. The maximum absolute atomic E-state index is 12.7. The first-order chi connectivity index (χ1) is 13.1. The van der Waals surface area contributed by atoms with Crippen LogP contribution >= 0.6 is 23.2 Å². The fourth-order valence-corrected chi connectivity index (χ4v) is 2.31. The van der Waals surface area contributed by atoms with Gasteiger partial charge in [0.25, 0.3) is 0 Å². The van der Waals surface area contributed by atoms with Crippen LogP contribution in [0.5, 0.6) is 0 Å². The SMILES string of the molecule is O=C(CCC(=O)Nc1cc(C(F)(F)F)ccc1Cl)N/N=C\c1ccc(Cl)cc1. The van der Waals surface area contributed by atoms with Crippen molar-refractivity contribution < 1.29 is 22.8 Å². The van der Waals surface area contributed by atoms with Crippen molar-refractivity contribution in [1.82, 2.24) is 5.43 Å². The quantitative estimate of drug-likeness (QED) is 0.505. The molecule has 0 heterocycles. The summed E-state index contributed by atoms with van der Waals surface area (Å²) in [4.78, 5) is 23.6. The first kappa shape index (κ1) is 21.7. The highest BCUT2D eigenvalue weighted by Gasteiger charge is 2.31. The molecule has 10 heteroatoms. The first-order valence-corrected chi connectivity index (χ1v) is 8.65. The van der Waals surface area contributed by atoms with Gasteiger partial charge in [0.2, 0.25) is 11.8 Å². The van der Waals surface area contributed by atoms with Gasteiger partial charge in [0.15, 0.2) is 0 Å². The van der Waals surface area contributed by atoms with Gasteiger partial charge in [-0.05, 0) is 35.9 Å². The van der Waals surface area contributed by atoms with Crippen molar-refractivity contribution in [2.45, 2.75) is 19.0 Å². The Bertz CT molecular complexity index is 885. The second-order valence-electron chi connectivity index (χ2n) is 5.59. The third-order valence-electron chi connectivity index (χ3n) is 3.42. The van der Waals surface area contributed by atoms with E-state index in [9.17, 15) is 22.8 Å². The van der Waals surface area contributed by atoms with Gasteiger partial charge in [-0.15, -0.1) is 0 Å². The Labute approximate surface area is 168 Å². The molecule has 2 aromatic rings. The Hall–Kier alpha value is -2.58. The Kier molecular flexibility index (Phi) is 7.42. The highest BCUT2D eigenvalue weighted by Crippen LogP contribution is 2.33. The minimum atomic E-state index is -4.56. The number of hydrazone groups is 1. The van der Waals surface area contributed by atoms with E-state index < -0.39 is 23.6 Å². The molecule has 0 bridgehead atoms. The maximum Gasteiger partial charge on any atom is 0.416 e. The minimum absolute atomic E-state index is 0.0432. The van der Waals surface area contributed by atoms with Crippen molar-refractivity contribution >= 4 is 46.9 Å². The highest BCUT2D eigenvalue weighted by molar-refractivity contribution is 6.33. The number of hydrogen-bond donors (Lipinski definition) is 2. The van der Waals surface area contributed by atoms with E-state index in [0.29, 0.717) is 10.6 Å².